The van der Waals surface area contributed by atoms with Gasteiger partial charge in [0.15, 0.2) is 0 Å². The number of furan rings is 1. The zero-order chi connectivity index (χ0) is 13.5. The smallest absolute Gasteiger partial charge is 0.254 e. The monoisotopic (exact) mass is 264 g/mol. The fourth-order valence-corrected chi connectivity index (χ4v) is 2.60. The highest BCUT2D eigenvalue weighted by atomic mass is 16.3. The van der Waals surface area contributed by atoms with E-state index in [0.29, 0.717) is 18.2 Å². The van der Waals surface area contributed by atoms with E-state index < -0.39 is 0 Å². The Morgan fingerprint density at radius 3 is 2.63 bits per heavy atom. The van der Waals surface area contributed by atoms with Gasteiger partial charge >= 0.3 is 0 Å². The summed E-state index contributed by atoms with van der Waals surface area (Å²) < 4.78 is 5.12. The Kier molecular flexibility index (Phi) is 5.45. The van der Waals surface area contributed by atoms with E-state index >= 15 is 0 Å². The van der Waals surface area contributed by atoms with Gasteiger partial charge in [-0.05, 0) is 25.8 Å². The van der Waals surface area contributed by atoms with Gasteiger partial charge in [-0.3, -0.25) is 4.79 Å². The first-order valence-corrected chi connectivity index (χ1v) is 7.32. The molecule has 0 aromatic carbocycles. The molecule has 0 bridgehead atoms. The molecule has 0 spiro atoms. The average Bonchev–Trinajstić information content (AvgIpc) is 2.68. The van der Waals surface area contributed by atoms with E-state index in [9.17, 15) is 4.79 Å². The number of hydrogen-bond donors (Lipinski definition) is 2. The van der Waals surface area contributed by atoms with E-state index in [-0.39, 0.29) is 5.91 Å². The van der Waals surface area contributed by atoms with Crippen molar-refractivity contribution in [2.24, 2.45) is 0 Å². The van der Waals surface area contributed by atoms with Crippen molar-refractivity contribution in [3.63, 3.8) is 0 Å². The SMILES string of the molecule is Cc1cc(C(=O)NCCNC2CCCCCC2)co1. The molecular formula is C15H24N2O2. The second-order valence-corrected chi connectivity index (χ2v) is 5.34. The highest BCUT2D eigenvalue weighted by Gasteiger charge is 2.11. The van der Waals surface area contributed by atoms with Crippen molar-refractivity contribution >= 4 is 5.91 Å². The second kappa shape index (κ2) is 7.34. The molecule has 0 saturated heterocycles. The number of carbonyl (C=O) groups is 1. The molecule has 1 fully saturated rings. The summed E-state index contributed by atoms with van der Waals surface area (Å²) in [5.74, 6) is 0.709. The number of amides is 1. The van der Waals surface area contributed by atoms with Crippen LogP contribution >= 0.6 is 0 Å². The molecule has 1 amide bonds. The first kappa shape index (κ1) is 14.1. The lowest BCUT2D eigenvalue weighted by Crippen LogP contribution is -2.36. The minimum Gasteiger partial charge on any atom is -0.469 e. The largest absolute Gasteiger partial charge is 0.469 e. The van der Waals surface area contributed by atoms with Crippen LogP contribution in [0.2, 0.25) is 0 Å². The third-order valence-corrected chi connectivity index (χ3v) is 3.69. The fraction of sp³-hybridized carbons (Fsp3) is 0.667. The molecule has 1 saturated carbocycles. The van der Waals surface area contributed by atoms with Crippen LogP contribution in [-0.4, -0.2) is 25.0 Å². The summed E-state index contributed by atoms with van der Waals surface area (Å²) in [6.45, 7) is 3.34. The summed E-state index contributed by atoms with van der Waals surface area (Å²) in [6.07, 6.45) is 9.45. The minimum absolute atomic E-state index is 0.0560. The molecule has 0 unspecified atom stereocenters. The van der Waals surface area contributed by atoms with Crippen LogP contribution in [0, 0.1) is 6.92 Å². The predicted octanol–water partition coefficient (Wildman–Crippen LogP) is 2.63. The summed E-state index contributed by atoms with van der Waals surface area (Å²) in [6, 6.07) is 2.39. The lowest BCUT2D eigenvalue weighted by molar-refractivity contribution is 0.0953. The van der Waals surface area contributed by atoms with Gasteiger partial charge in [0.05, 0.1) is 5.56 Å². The molecule has 4 heteroatoms. The maximum Gasteiger partial charge on any atom is 0.254 e. The van der Waals surface area contributed by atoms with Crippen molar-refractivity contribution in [1.82, 2.24) is 10.6 Å². The topological polar surface area (TPSA) is 54.3 Å². The molecule has 0 aliphatic heterocycles. The van der Waals surface area contributed by atoms with Crippen LogP contribution in [0.1, 0.15) is 54.6 Å². The predicted molar refractivity (Wildman–Crippen MR) is 75.3 cm³/mol. The number of carbonyl (C=O) groups excluding carboxylic acids is 1. The molecule has 2 N–H and O–H groups in total. The molecule has 4 nitrogen and oxygen atoms in total. The van der Waals surface area contributed by atoms with Gasteiger partial charge in [0, 0.05) is 19.1 Å². The van der Waals surface area contributed by atoms with Crippen molar-refractivity contribution in [3.05, 3.63) is 23.7 Å². The fourth-order valence-electron chi connectivity index (χ4n) is 2.60. The van der Waals surface area contributed by atoms with Gasteiger partial charge in [-0.2, -0.15) is 0 Å². The lowest BCUT2D eigenvalue weighted by atomic mass is 10.1. The number of nitrogens with one attached hydrogen (secondary N) is 2. The van der Waals surface area contributed by atoms with Crippen LogP contribution in [0.3, 0.4) is 0 Å². The first-order valence-electron chi connectivity index (χ1n) is 7.32. The zero-order valence-corrected chi connectivity index (χ0v) is 11.7. The highest BCUT2D eigenvalue weighted by Crippen LogP contribution is 2.16. The van der Waals surface area contributed by atoms with E-state index in [1.807, 2.05) is 6.92 Å². The molecule has 106 valence electrons. The normalized spacial score (nSPS) is 17.1. The summed E-state index contributed by atoms with van der Waals surface area (Å²) in [7, 11) is 0. The minimum atomic E-state index is -0.0560. The van der Waals surface area contributed by atoms with Gasteiger partial charge in [-0.15, -0.1) is 0 Å². The Balaban J connectivity index is 1.62. The lowest BCUT2D eigenvalue weighted by Gasteiger charge is -2.16. The Bertz CT molecular complexity index is 393. The maximum absolute atomic E-state index is 11.8. The van der Waals surface area contributed by atoms with Gasteiger partial charge in [0.25, 0.3) is 5.91 Å². The van der Waals surface area contributed by atoms with Gasteiger partial charge in [-0.1, -0.05) is 25.7 Å². The number of hydrogen-bond acceptors (Lipinski definition) is 3. The van der Waals surface area contributed by atoms with Crippen LogP contribution in [0.25, 0.3) is 0 Å². The molecule has 0 radical (unpaired) electrons. The van der Waals surface area contributed by atoms with Crippen molar-refractivity contribution in [2.45, 2.75) is 51.5 Å². The van der Waals surface area contributed by atoms with E-state index in [1.54, 1.807) is 6.07 Å². The van der Waals surface area contributed by atoms with Crippen molar-refractivity contribution in [2.75, 3.05) is 13.1 Å². The van der Waals surface area contributed by atoms with Gasteiger partial charge in [-0.25, -0.2) is 0 Å². The van der Waals surface area contributed by atoms with Crippen LogP contribution in [-0.2, 0) is 0 Å². The Morgan fingerprint density at radius 1 is 1.26 bits per heavy atom. The Hall–Kier alpha value is -1.29. The van der Waals surface area contributed by atoms with Crippen LogP contribution in [0.5, 0.6) is 0 Å². The van der Waals surface area contributed by atoms with Gasteiger partial charge in [0.2, 0.25) is 0 Å². The maximum atomic E-state index is 11.8. The van der Waals surface area contributed by atoms with E-state index in [2.05, 4.69) is 10.6 Å². The second-order valence-electron chi connectivity index (χ2n) is 5.34. The quantitative estimate of drug-likeness (QED) is 0.635. The Labute approximate surface area is 114 Å². The molecule has 19 heavy (non-hydrogen) atoms. The molecule has 1 aliphatic rings. The van der Waals surface area contributed by atoms with E-state index in [1.165, 1.54) is 44.8 Å². The van der Waals surface area contributed by atoms with Gasteiger partial charge in [0.1, 0.15) is 12.0 Å². The van der Waals surface area contributed by atoms with Crippen molar-refractivity contribution in [1.29, 1.82) is 0 Å². The Morgan fingerprint density at radius 2 is 2.00 bits per heavy atom. The third kappa shape index (κ3) is 4.71. The summed E-state index contributed by atoms with van der Waals surface area (Å²) in [5, 5.41) is 6.44. The average molecular weight is 264 g/mol. The molecule has 1 aliphatic carbocycles. The van der Waals surface area contributed by atoms with Gasteiger partial charge < -0.3 is 15.1 Å². The standard InChI is InChI=1S/C15H24N2O2/c1-12-10-13(11-19-12)15(18)17-9-8-16-14-6-4-2-3-5-7-14/h10-11,14,16H,2-9H2,1H3,(H,17,18). The summed E-state index contributed by atoms with van der Waals surface area (Å²) in [5.41, 5.74) is 0.604. The molecular weight excluding hydrogens is 240 g/mol. The first-order chi connectivity index (χ1) is 9.25. The zero-order valence-electron chi connectivity index (χ0n) is 11.7. The van der Waals surface area contributed by atoms with E-state index in [0.717, 1.165) is 12.3 Å². The number of aryl methyl sites for hydroxylation is 1. The van der Waals surface area contributed by atoms with Crippen molar-refractivity contribution in [3.8, 4) is 0 Å². The molecule has 1 aromatic rings. The molecule has 2 rings (SSSR count). The summed E-state index contributed by atoms with van der Waals surface area (Å²) in [4.78, 5) is 11.8. The molecule has 1 aromatic heterocycles. The van der Waals surface area contributed by atoms with Crippen LogP contribution < -0.4 is 10.6 Å². The third-order valence-electron chi connectivity index (χ3n) is 3.69. The van der Waals surface area contributed by atoms with Crippen LogP contribution in [0.15, 0.2) is 16.7 Å². The molecule has 0 atom stereocenters. The van der Waals surface area contributed by atoms with Crippen LogP contribution in [0.4, 0.5) is 0 Å². The van der Waals surface area contributed by atoms with E-state index in [4.69, 9.17) is 4.42 Å². The highest BCUT2D eigenvalue weighted by molar-refractivity contribution is 5.93. The number of rotatable bonds is 5. The molecule has 1 heterocycles. The van der Waals surface area contributed by atoms with Crippen molar-refractivity contribution < 1.29 is 9.21 Å². The summed E-state index contributed by atoms with van der Waals surface area (Å²) >= 11 is 0.